The van der Waals surface area contributed by atoms with Gasteiger partial charge in [0.05, 0.1) is 19.1 Å². The Kier molecular flexibility index (Phi) is 4.91. The van der Waals surface area contributed by atoms with Gasteiger partial charge in [-0.2, -0.15) is 10.3 Å². The molecule has 0 aliphatic heterocycles. The van der Waals surface area contributed by atoms with Crippen LogP contribution in [-0.2, 0) is 4.84 Å². The summed E-state index contributed by atoms with van der Waals surface area (Å²) in [5.74, 6) is 0. The zero-order chi connectivity index (χ0) is 7.98. The highest BCUT2D eigenvalue weighted by Gasteiger charge is 2.06. The number of hydrogen-bond donors (Lipinski definition) is 0. The third-order valence-electron chi connectivity index (χ3n) is 1.34. The molecule has 0 aromatic carbocycles. The molecule has 0 aromatic heterocycles. The predicted octanol–water partition coefficient (Wildman–Crippen LogP) is 1.17. The lowest BCUT2D eigenvalue weighted by atomic mass is 10.3. The first-order valence-corrected chi connectivity index (χ1v) is 3.45. The van der Waals surface area contributed by atoms with E-state index in [1.54, 1.807) is 5.06 Å². The topological polar surface area (TPSA) is 36.3 Å². The molecule has 0 radical (unpaired) electrons. The van der Waals surface area contributed by atoms with E-state index in [9.17, 15) is 0 Å². The van der Waals surface area contributed by atoms with Crippen molar-refractivity contribution in [1.82, 2.24) is 5.06 Å². The molecular formula is C7H14N2O. The maximum Gasteiger partial charge on any atom is 0.0656 e. The minimum absolute atomic E-state index is 0.185. The number of nitriles is 1. The maximum atomic E-state index is 8.32. The van der Waals surface area contributed by atoms with Crippen molar-refractivity contribution in [3.05, 3.63) is 0 Å². The maximum absolute atomic E-state index is 8.32. The van der Waals surface area contributed by atoms with E-state index in [1.807, 2.05) is 20.9 Å². The van der Waals surface area contributed by atoms with Crippen LogP contribution in [0.5, 0.6) is 0 Å². The highest BCUT2D eigenvalue weighted by molar-refractivity contribution is 4.75. The largest absolute Gasteiger partial charge is 0.299 e. The van der Waals surface area contributed by atoms with Crippen molar-refractivity contribution in [2.75, 3.05) is 13.7 Å². The Morgan fingerprint density at radius 1 is 1.70 bits per heavy atom. The highest BCUT2D eigenvalue weighted by atomic mass is 16.7. The first kappa shape index (κ1) is 9.41. The average Bonchev–Trinajstić information content (AvgIpc) is 1.89. The Hall–Kier alpha value is -0.590. The van der Waals surface area contributed by atoms with Crippen molar-refractivity contribution in [3.8, 4) is 6.07 Å². The molecule has 58 valence electrons. The standard InChI is InChI=1S/C7H14N2O/c1-4-10-9(3)7(2)5-6-8/h7H,4-5H2,1-3H3. The summed E-state index contributed by atoms with van der Waals surface area (Å²) < 4.78 is 0. The number of nitrogens with zero attached hydrogens (tertiary/aromatic N) is 2. The van der Waals surface area contributed by atoms with Gasteiger partial charge in [-0.15, -0.1) is 0 Å². The molecule has 0 spiro atoms. The molecule has 0 bridgehead atoms. The minimum atomic E-state index is 0.185. The fourth-order valence-corrected chi connectivity index (χ4v) is 0.592. The van der Waals surface area contributed by atoms with Crippen LogP contribution >= 0.6 is 0 Å². The third kappa shape index (κ3) is 3.44. The molecule has 0 heterocycles. The molecule has 0 fully saturated rings. The highest BCUT2D eigenvalue weighted by Crippen LogP contribution is 1.99. The molecule has 3 heteroatoms. The van der Waals surface area contributed by atoms with Gasteiger partial charge in [-0.1, -0.05) is 0 Å². The van der Waals surface area contributed by atoms with Gasteiger partial charge in [0.15, 0.2) is 0 Å². The molecular weight excluding hydrogens is 128 g/mol. The van der Waals surface area contributed by atoms with Crippen LogP contribution in [0.1, 0.15) is 20.3 Å². The molecule has 0 saturated heterocycles. The third-order valence-corrected chi connectivity index (χ3v) is 1.34. The van der Waals surface area contributed by atoms with Crippen LogP contribution in [0.4, 0.5) is 0 Å². The molecule has 0 saturated carbocycles. The van der Waals surface area contributed by atoms with Crippen LogP contribution in [0.25, 0.3) is 0 Å². The summed E-state index contributed by atoms with van der Waals surface area (Å²) in [6, 6.07) is 2.27. The first-order valence-electron chi connectivity index (χ1n) is 3.45. The van der Waals surface area contributed by atoms with Gasteiger partial charge in [-0.25, -0.2) is 0 Å². The van der Waals surface area contributed by atoms with Gasteiger partial charge in [-0.05, 0) is 13.8 Å². The van der Waals surface area contributed by atoms with E-state index >= 15 is 0 Å². The van der Waals surface area contributed by atoms with E-state index < -0.39 is 0 Å². The molecule has 10 heavy (non-hydrogen) atoms. The lowest BCUT2D eigenvalue weighted by Crippen LogP contribution is -2.28. The SMILES string of the molecule is CCON(C)C(C)CC#N. The zero-order valence-electron chi connectivity index (χ0n) is 6.79. The summed E-state index contributed by atoms with van der Waals surface area (Å²) >= 11 is 0. The molecule has 0 rings (SSSR count). The van der Waals surface area contributed by atoms with Gasteiger partial charge < -0.3 is 0 Å². The van der Waals surface area contributed by atoms with E-state index in [2.05, 4.69) is 6.07 Å². The van der Waals surface area contributed by atoms with Gasteiger partial charge in [0.1, 0.15) is 0 Å². The number of hydroxylamine groups is 2. The normalized spacial score (nSPS) is 13.1. The van der Waals surface area contributed by atoms with Gasteiger partial charge in [0.2, 0.25) is 0 Å². The fourth-order valence-electron chi connectivity index (χ4n) is 0.592. The lowest BCUT2D eigenvalue weighted by molar-refractivity contribution is -0.158. The zero-order valence-corrected chi connectivity index (χ0v) is 6.79. The molecule has 3 nitrogen and oxygen atoms in total. The molecule has 0 aromatic rings. The van der Waals surface area contributed by atoms with Crippen LogP contribution in [0.3, 0.4) is 0 Å². The van der Waals surface area contributed by atoms with E-state index in [4.69, 9.17) is 10.1 Å². The van der Waals surface area contributed by atoms with Crippen LogP contribution in [0.15, 0.2) is 0 Å². The lowest BCUT2D eigenvalue weighted by Gasteiger charge is -2.20. The Labute approximate surface area is 62.1 Å². The quantitative estimate of drug-likeness (QED) is 0.553. The molecule has 1 unspecified atom stereocenters. The van der Waals surface area contributed by atoms with Crippen LogP contribution < -0.4 is 0 Å². The van der Waals surface area contributed by atoms with Gasteiger partial charge in [0, 0.05) is 13.1 Å². The van der Waals surface area contributed by atoms with Gasteiger partial charge in [-0.3, -0.25) is 4.84 Å². The summed E-state index contributed by atoms with van der Waals surface area (Å²) in [5, 5.41) is 10.0. The average molecular weight is 142 g/mol. The summed E-state index contributed by atoms with van der Waals surface area (Å²) in [5.41, 5.74) is 0. The predicted molar refractivity (Wildman–Crippen MR) is 39.1 cm³/mol. The Morgan fingerprint density at radius 2 is 2.30 bits per heavy atom. The molecule has 0 amide bonds. The number of hydrogen-bond acceptors (Lipinski definition) is 3. The van der Waals surface area contributed by atoms with Crippen molar-refractivity contribution < 1.29 is 4.84 Å². The van der Waals surface area contributed by atoms with Crippen molar-refractivity contribution in [2.45, 2.75) is 26.3 Å². The monoisotopic (exact) mass is 142 g/mol. The van der Waals surface area contributed by atoms with Crippen molar-refractivity contribution in [3.63, 3.8) is 0 Å². The van der Waals surface area contributed by atoms with Crippen molar-refractivity contribution in [2.24, 2.45) is 0 Å². The summed E-state index contributed by atoms with van der Waals surface area (Å²) in [4.78, 5) is 5.14. The minimum Gasteiger partial charge on any atom is -0.299 e. The van der Waals surface area contributed by atoms with Crippen molar-refractivity contribution >= 4 is 0 Å². The Bertz CT molecular complexity index is 119. The van der Waals surface area contributed by atoms with Crippen molar-refractivity contribution in [1.29, 1.82) is 5.26 Å². The summed E-state index contributed by atoms with van der Waals surface area (Å²) in [6.07, 6.45) is 0.510. The van der Waals surface area contributed by atoms with E-state index in [1.165, 1.54) is 0 Å². The fraction of sp³-hybridized carbons (Fsp3) is 0.857. The molecule has 0 aliphatic carbocycles. The van der Waals surface area contributed by atoms with Crippen LogP contribution in [-0.4, -0.2) is 24.8 Å². The Balaban J connectivity index is 3.50. The van der Waals surface area contributed by atoms with E-state index in [-0.39, 0.29) is 6.04 Å². The van der Waals surface area contributed by atoms with E-state index in [0.717, 1.165) is 0 Å². The van der Waals surface area contributed by atoms with E-state index in [0.29, 0.717) is 13.0 Å². The van der Waals surface area contributed by atoms with Gasteiger partial charge >= 0.3 is 0 Å². The second kappa shape index (κ2) is 5.21. The second-order valence-electron chi connectivity index (χ2n) is 2.18. The number of rotatable bonds is 4. The first-order chi connectivity index (χ1) is 4.72. The van der Waals surface area contributed by atoms with Crippen LogP contribution in [0.2, 0.25) is 0 Å². The van der Waals surface area contributed by atoms with Crippen LogP contribution in [0, 0.1) is 11.3 Å². The molecule has 0 N–H and O–H groups in total. The summed E-state index contributed by atoms with van der Waals surface area (Å²) in [6.45, 7) is 4.54. The molecule has 1 atom stereocenters. The molecule has 0 aliphatic rings. The second-order valence-corrected chi connectivity index (χ2v) is 2.18. The van der Waals surface area contributed by atoms with Gasteiger partial charge in [0.25, 0.3) is 0 Å². The summed E-state index contributed by atoms with van der Waals surface area (Å²) in [7, 11) is 1.84. The smallest absolute Gasteiger partial charge is 0.0656 e. The Morgan fingerprint density at radius 3 is 2.70 bits per heavy atom.